The molecular formula is C20H36NO8P. The maximum absolute atomic E-state index is 13.1. The van der Waals surface area contributed by atoms with Crippen LogP contribution in [-0.2, 0) is 37.5 Å². The fourth-order valence-electron chi connectivity index (χ4n) is 2.93. The third kappa shape index (κ3) is 8.00. The van der Waals surface area contributed by atoms with Crippen LogP contribution in [0.25, 0.3) is 0 Å². The van der Waals surface area contributed by atoms with E-state index in [1.807, 2.05) is 13.8 Å². The highest BCUT2D eigenvalue weighted by Gasteiger charge is 2.48. The van der Waals surface area contributed by atoms with Crippen LogP contribution in [0.2, 0.25) is 0 Å². The van der Waals surface area contributed by atoms with Gasteiger partial charge in [-0.15, -0.1) is 0 Å². The average Bonchev–Trinajstić information content (AvgIpc) is 2.70. The Bertz CT molecular complexity index is 647. The molecule has 3 atom stereocenters. The topological polar surface area (TPSA) is 117 Å². The summed E-state index contributed by atoms with van der Waals surface area (Å²) >= 11 is 0. The Morgan fingerprint density at radius 3 is 2.43 bits per heavy atom. The summed E-state index contributed by atoms with van der Waals surface area (Å²) < 4.78 is 34.1. The molecular weight excluding hydrogens is 413 g/mol. The molecule has 0 aromatic carbocycles. The Kier molecular flexibility index (Phi) is 10.5. The van der Waals surface area contributed by atoms with Gasteiger partial charge in [-0.2, -0.15) is 0 Å². The standard InChI is InChI=1S/C20H36NO8P/c1-7-15(8-2)11-27-19(24)14(3)12-30(25)28-13-20(4,5)17(29-30)18(23)21-10-9-16(22)26-6/h14-15,17H,7-13H2,1-6H3,(H,21,23)/t14-,17+,30+/m1/s1. The van der Waals surface area contributed by atoms with Crippen molar-refractivity contribution in [2.45, 2.75) is 60.0 Å². The minimum Gasteiger partial charge on any atom is -0.469 e. The van der Waals surface area contributed by atoms with Crippen molar-refractivity contribution in [1.29, 1.82) is 0 Å². The zero-order valence-corrected chi connectivity index (χ0v) is 19.8. The van der Waals surface area contributed by atoms with Crippen LogP contribution in [0.4, 0.5) is 0 Å². The van der Waals surface area contributed by atoms with E-state index < -0.39 is 42.9 Å². The van der Waals surface area contributed by atoms with E-state index in [9.17, 15) is 18.9 Å². The smallest absolute Gasteiger partial charge is 0.332 e. The molecule has 1 heterocycles. The number of carbonyl (C=O) groups excluding carboxylic acids is 3. The second kappa shape index (κ2) is 11.8. The third-order valence-electron chi connectivity index (χ3n) is 5.22. The van der Waals surface area contributed by atoms with Gasteiger partial charge in [0.05, 0.1) is 38.8 Å². The number of nitrogens with one attached hydrogen (secondary N) is 1. The summed E-state index contributed by atoms with van der Waals surface area (Å²) in [7, 11) is -2.42. The van der Waals surface area contributed by atoms with Gasteiger partial charge in [-0.1, -0.05) is 47.5 Å². The lowest BCUT2D eigenvalue weighted by molar-refractivity contribution is -0.149. The summed E-state index contributed by atoms with van der Waals surface area (Å²) in [4.78, 5) is 36.1. The largest absolute Gasteiger partial charge is 0.469 e. The van der Waals surface area contributed by atoms with Crippen LogP contribution in [0, 0.1) is 17.3 Å². The van der Waals surface area contributed by atoms with Crippen molar-refractivity contribution in [1.82, 2.24) is 5.32 Å². The van der Waals surface area contributed by atoms with E-state index in [1.165, 1.54) is 7.11 Å². The van der Waals surface area contributed by atoms with Gasteiger partial charge in [0, 0.05) is 12.0 Å². The zero-order chi connectivity index (χ0) is 22.9. The van der Waals surface area contributed by atoms with E-state index in [4.69, 9.17) is 13.8 Å². The monoisotopic (exact) mass is 449 g/mol. The molecule has 1 saturated heterocycles. The Labute approximate surface area is 179 Å². The van der Waals surface area contributed by atoms with Crippen molar-refractivity contribution >= 4 is 25.4 Å². The predicted octanol–water partition coefficient (Wildman–Crippen LogP) is 2.92. The SMILES string of the molecule is CCC(CC)COC(=O)[C@H](C)C[P@]1(=O)OCC(C)(C)[C@H](C(=O)NCCC(=O)OC)O1. The lowest BCUT2D eigenvalue weighted by Gasteiger charge is -2.40. The number of ether oxygens (including phenoxy) is 2. The number of esters is 2. The van der Waals surface area contributed by atoms with E-state index in [-0.39, 0.29) is 25.7 Å². The van der Waals surface area contributed by atoms with Crippen molar-refractivity contribution < 1.29 is 37.5 Å². The molecule has 1 amide bonds. The third-order valence-corrected chi connectivity index (χ3v) is 7.27. The van der Waals surface area contributed by atoms with Gasteiger partial charge in [-0.05, 0) is 5.92 Å². The molecule has 9 nitrogen and oxygen atoms in total. The van der Waals surface area contributed by atoms with Crippen molar-refractivity contribution in [2.24, 2.45) is 17.3 Å². The molecule has 1 aliphatic heterocycles. The van der Waals surface area contributed by atoms with Crippen LogP contribution >= 0.6 is 7.60 Å². The highest BCUT2D eigenvalue weighted by molar-refractivity contribution is 7.54. The molecule has 0 radical (unpaired) electrons. The zero-order valence-electron chi connectivity index (χ0n) is 18.9. The second-order valence-electron chi connectivity index (χ2n) is 8.37. The lowest BCUT2D eigenvalue weighted by atomic mass is 9.87. The molecule has 0 aromatic rings. The summed E-state index contributed by atoms with van der Waals surface area (Å²) in [5.74, 6) is -1.81. The number of carbonyl (C=O) groups is 3. The Morgan fingerprint density at radius 1 is 1.23 bits per heavy atom. The van der Waals surface area contributed by atoms with Gasteiger partial charge in [0.2, 0.25) is 5.91 Å². The number of hydrogen-bond donors (Lipinski definition) is 1. The van der Waals surface area contributed by atoms with Crippen LogP contribution in [0.15, 0.2) is 0 Å². The Balaban J connectivity index is 2.70. The van der Waals surface area contributed by atoms with Gasteiger partial charge in [0.1, 0.15) is 0 Å². The molecule has 0 aromatic heterocycles. The summed E-state index contributed by atoms with van der Waals surface area (Å²) in [5, 5.41) is 2.60. The first-order valence-electron chi connectivity index (χ1n) is 10.4. The first-order valence-corrected chi connectivity index (χ1v) is 12.1. The van der Waals surface area contributed by atoms with Crippen LogP contribution < -0.4 is 5.32 Å². The Morgan fingerprint density at radius 2 is 1.87 bits per heavy atom. The van der Waals surface area contributed by atoms with Crippen LogP contribution in [0.1, 0.15) is 53.9 Å². The van der Waals surface area contributed by atoms with Crippen molar-refractivity contribution in [3.63, 3.8) is 0 Å². The molecule has 1 rings (SSSR count). The molecule has 0 spiro atoms. The van der Waals surface area contributed by atoms with Crippen molar-refractivity contribution in [2.75, 3.05) is 33.0 Å². The second-order valence-corrected chi connectivity index (χ2v) is 10.4. The molecule has 0 saturated carbocycles. The molecule has 174 valence electrons. The highest BCUT2D eigenvalue weighted by atomic mass is 31.2. The summed E-state index contributed by atoms with van der Waals surface area (Å²) in [6, 6.07) is 0. The van der Waals surface area contributed by atoms with Gasteiger partial charge in [-0.3, -0.25) is 23.5 Å². The van der Waals surface area contributed by atoms with Gasteiger partial charge in [-0.25, -0.2) is 0 Å². The van der Waals surface area contributed by atoms with Gasteiger partial charge in [0.25, 0.3) is 0 Å². The first-order chi connectivity index (χ1) is 14.0. The maximum Gasteiger partial charge on any atom is 0.332 e. The van der Waals surface area contributed by atoms with Gasteiger partial charge in [0.15, 0.2) is 6.10 Å². The molecule has 1 aliphatic rings. The maximum atomic E-state index is 13.1. The van der Waals surface area contributed by atoms with Gasteiger partial charge < -0.3 is 19.3 Å². The molecule has 0 aliphatic carbocycles. The molecule has 30 heavy (non-hydrogen) atoms. The van der Waals surface area contributed by atoms with E-state index in [0.717, 1.165) is 12.8 Å². The van der Waals surface area contributed by atoms with Crippen molar-refractivity contribution in [3.8, 4) is 0 Å². The molecule has 0 unspecified atom stereocenters. The fraction of sp³-hybridized carbons (Fsp3) is 0.850. The molecule has 1 fully saturated rings. The van der Waals surface area contributed by atoms with E-state index in [0.29, 0.717) is 12.5 Å². The van der Waals surface area contributed by atoms with E-state index >= 15 is 0 Å². The van der Waals surface area contributed by atoms with Crippen LogP contribution in [-0.4, -0.2) is 57.0 Å². The molecule has 10 heteroatoms. The Hall–Kier alpha value is -1.44. The number of amides is 1. The number of hydrogen-bond acceptors (Lipinski definition) is 8. The first kappa shape index (κ1) is 26.6. The number of rotatable bonds is 11. The average molecular weight is 449 g/mol. The summed E-state index contributed by atoms with van der Waals surface area (Å²) in [6.07, 6.45) is 0.623. The quantitative estimate of drug-likeness (QED) is 0.378. The predicted molar refractivity (Wildman–Crippen MR) is 111 cm³/mol. The van der Waals surface area contributed by atoms with Crippen LogP contribution in [0.3, 0.4) is 0 Å². The normalized spacial score (nSPS) is 24.2. The summed E-state index contributed by atoms with van der Waals surface area (Å²) in [5.41, 5.74) is -0.734. The van der Waals surface area contributed by atoms with Gasteiger partial charge >= 0.3 is 19.5 Å². The minimum absolute atomic E-state index is 0.0168. The summed E-state index contributed by atoms with van der Waals surface area (Å²) in [6.45, 7) is 9.62. The minimum atomic E-state index is -3.68. The molecule has 0 bridgehead atoms. The fourth-order valence-corrected chi connectivity index (χ4v) is 5.24. The number of methoxy groups -OCH3 is 1. The lowest BCUT2D eigenvalue weighted by Crippen LogP contribution is -2.50. The van der Waals surface area contributed by atoms with Crippen molar-refractivity contribution in [3.05, 3.63) is 0 Å². The van der Waals surface area contributed by atoms with Crippen LogP contribution in [0.5, 0.6) is 0 Å². The van der Waals surface area contributed by atoms with E-state index in [1.54, 1.807) is 20.8 Å². The highest BCUT2D eigenvalue weighted by Crippen LogP contribution is 2.57. The van der Waals surface area contributed by atoms with E-state index in [2.05, 4.69) is 10.1 Å². The molecule has 1 N–H and O–H groups in total.